The summed E-state index contributed by atoms with van der Waals surface area (Å²) in [5.41, 5.74) is -7.18. The summed E-state index contributed by atoms with van der Waals surface area (Å²) in [6.07, 6.45) is 10.5. The average molecular weight is 499 g/mol. The molecule has 3 aliphatic carbocycles. The molecule has 5 aliphatic rings. The fourth-order valence-corrected chi connectivity index (χ4v) is 8.16. The van der Waals surface area contributed by atoms with Gasteiger partial charge in [0.15, 0.2) is 11.6 Å². The number of carbonyl (C=O) groups excluding carboxylic acids is 2. The Bertz CT molecular complexity index is 1240. The Morgan fingerprint density at radius 1 is 0.944 bits per heavy atom. The lowest BCUT2D eigenvalue weighted by atomic mass is 9.40. The Morgan fingerprint density at radius 2 is 1.53 bits per heavy atom. The molecule has 2 unspecified atom stereocenters. The van der Waals surface area contributed by atoms with Gasteiger partial charge in [0.2, 0.25) is 11.6 Å². The van der Waals surface area contributed by atoms with E-state index in [1.807, 2.05) is 19.1 Å². The van der Waals surface area contributed by atoms with Crippen LogP contribution >= 0.6 is 0 Å². The lowest BCUT2D eigenvalue weighted by Crippen LogP contribution is -2.72. The number of ether oxygens (including phenoxy) is 2. The van der Waals surface area contributed by atoms with Crippen molar-refractivity contribution in [1.82, 2.24) is 0 Å². The summed E-state index contributed by atoms with van der Waals surface area (Å²) in [5, 5.41) is 47.4. The van der Waals surface area contributed by atoms with Crippen LogP contribution in [0.25, 0.3) is 0 Å². The van der Waals surface area contributed by atoms with Gasteiger partial charge in [-0.2, -0.15) is 0 Å². The van der Waals surface area contributed by atoms with Crippen molar-refractivity contribution in [2.45, 2.75) is 77.2 Å². The molecule has 0 spiro atoms. The third kappa shape index (κ3) is 2.19. The zero-order valence-corrected chi connectivity index (χ0v) is 21.5. The van der Waals surface area contributed by atoms with Crippen molar-refractivity contribution in [1.29, 1.82) is 0 Å². The molecule has 0 radical (unpaired) electrons. The maximum Gasteiger partial charge on any atom is 0.210 e. The highest BCUT2D eigenvalue weighted by atomic mass is 16.8. The van der Waals surface area contributed by atoms with Gasteiger partial charge in [0.05, 0.1) is 10.8 Å². The first kappa shape index (κ1) is 25.1. The second kappa shape index (κ2) is 7.07. The molecule has 2 saturated heterocycles. The molecule has 2 saturated carbocycles. The van der Waals surface area contributed by atoms with Crippen molar-refractivity contribution in [3.63, 3.8) is 0 Å². The highest BCUT2D eigenvalue weighted by Gasteiger charge is 2.98. The summed E-state index contributed by atoms with van der Waals surface area (Å²) < 4.78 is 12.5. The molecule has 4 N–H and O–H groups in total. The van der Waals surface area contributed by atoms with Crippen LogP contribution in [-0.4, -0.2) is 54.8 Å². The van der Waals surface area contributed by atoms with E-state index in [0.717, 1.165) is 0 Å². The van der Waals surface area contributed by atoms with Gasteiger partial charge < -0.3 is 29.9 Å². The fraction of sp³-hybridized carbons (Fsp3) is 0.571. The van der Waals surface area contributed by atoms with Gasteiger partial charge in [-0.15, -0.1) is 0 Å². The second-order valence-electron chi connectivity index (χ2n) is 11.3. The smallest absolute Gasteiger partial charge is 0.210 e. The lowest BCUT2D eigenvalue weighted by molar-refractivity contribution is -0.451. The summed E-state index contributed by atoms with van der Waals surface area (Å²) in [7, 11) is 0. The van der Waals surface area contributed by atoms with Crippen molar-refractivity contribution in [3.05, 3.63) is 59.1 Å². The van der Waals surface area contributed by atoms with Gasteiger partial charge in [0.25, 0.3) is 0 Å². The minimum atomic E-state index is -2.24. The van der Waals surface area contributed by atoms with Crippen molar-refractivity contribution < 1.29 is 39.5 Å². The highest BCUT2D eigenvalue weighted by Crippen LogP contribution is 2.84. The fourth-order valence-electron chi connectivity index (χ4n) is 8.16. The average Bonchev–Trinajstić information content (AvgIpc) is 3.12. The van der Waals surface area contributed by atoms with Gasteiger partial charge in [-0.05, 0) is 54.0 Å². The molecule has 8 atom stereocenters. The Hall–Kier alpha value is -2.52. The normalized spacial score (nSPS) is 50.1. The van der Waals surface area contributed by atoms with Crippen LogP contribution in [-0.2, 0) is 19.1 Å². The van der Waals surface area contributed by atoms with Crippen molar-refractivity contribution in [3.8, 4) is 0 Å². The van der Waals surface area contributed by atoms with Crippen LogP contribution in [0.5, 0.6) is 0 Å². The standard InChI is InChI=1S/C28H34O8/c1-7-9-11-13-15(29)17-19-23(3)22(32)18(16(30)14-12-10-8-2)20-24(4,21(17)31)28(34)25(19,5)35-27(23,33)26(20,6)36-28/h7-11,13,19-20,29,32-34H,12,14H2,1-6H3/b9-7+,10-8+,13-11+,17-15-/t19?,20?,23-,24-,25+,26+,27-,28-/m1/s1. The van der Waals surface area contributed by atoms with E-state index in [4.69, 9.17) is 9.47 Å². The lowest BCUT2D eigenvalue weighted by Gasteiger charge is -2.58. The van der Waals surface area contributed by atoms with Gasteiger partial charge in [0, 0.05) is 29.4 Å². The Morgan fingerprint density at radius 3 is 2.11 bits per heavy atom. The quantitative estimate of drug-likeness (QED) is 0.189. The van der Waals surface area contributed by atoms with E-state index in [1.54, 1.807) is 25.2 Å². The maximum atomic E-state index is 14.3. The third-order valence-electron chi connectivity index (χ3n) is 9.68. The molecule has 8 bridgehead atoms. The monoisotopic (exact) mass is 498 g/mol. The zero-order valence-electron chi connectivity index (χ0n) is 21.5. The summed E-state index contributed by atoms with van der Waals surface area (Å²) >= 11 is 0. The van der Waals surface area contributed by atoms with Gasteiger partial charge >= 0.3 is 0 Å². The summed E-state index contributed by atoms with van der Waals surface area (Å²) in [5.74, 6) is -8.64. The summed E-state index contributed by atoms with van der Waals surface area (Å²) in [6, 6.07) is 0. The van der Waals surface area contributed by atoms with E-state index >= 15 is 0 Å². The van der Waals surface area contributed by atoms with Crippen molar-refractivity contribution in [2.75, 3.05) is 0 Å². The van der Waals surface area contributed by atoms with E-state index in [9.17, 15) is 30.0 Å². The van der Waals surface area contributed by atoms with E-state index in [0.29, 0.717) is 6.42 Å². The first-order valence-electron chi connectivity index (χ1n) is 12.4. The van der Waals surface area contributed by atoms with Crippen LogP contribution in [0.3, 0.4) is 0 Å². The minimum absolute atomic E-state index is 0.0264. The number of allylic oxidation sites excluding steroid dienone is 6. The largest absolute Gasteiger partial charge is 0.511 e. The Balaban J connectivity index is 1.89. The number of hydrogen-bond donors (Lipinski definition) is 4. The molecule has 0 aromatic carbocycles. The molecule has 8 heteroatoms. The predicted molar refractivity (Wildman–Crippen MR) is 129 cm³/mol. The van der Waals surface area contributed by atoms with E-state index in [2.05, 4.69) is 0 Å². The molecule has 0 aromatic heterocycles. The molecular formula is C28H34O8. The number of ketones is 2. The number of hydrogen-bond acceptors (Lipinski definition) is 8. The molecule has 2 aliphatic heterocycles. The number of rotatable bonds is 6. The van der Waals surface area contributed by atoms with E-state index in [-0.39, 0.29) is 29.1 Å². The molecular weight excluding hydrogens is 464 g/mol. The van der Waals surface area contributed by atoms with Crippen LogP contribution in [0.2, 0.25) is 0 Å². The third-order valence-corrected chi connectivity index (χ3v) is 9.68. The molecule has 4 fully saturated rings. The number of carbonyl (C=O) groups is 2. The first-order valence-corrected chi connectivity index (χ1v) is 12.4. The number of aliphatic hydroxyl groups is 4. The molecule has 0 aromatic rings. The molecule has 2 heterocycles. The number of aliphatic hydroxyl groups excluding tert-OH is 2. The van der Waals surface area contributed by atoms with Gasteiger partial charge in [-0.1, -0.05) is 30.4 Å². The topological polar surface area (TPSA) is 134 Å². The summed E-state index contributed by atoms with van der Waals surface area (Å²) in [6.45, 7) is 9.66. The molecule has 36 heavy (non-hydrogen) atoms. The van der Waals surface area contributed by atoms with Crippen LogP contribution < -0.4 is 0 Å². The van der Waals surface area contributed by atoms with Gasteiger partial charge in [-0.25, -0.2) is 0 Å². The molecule has 5 rings (SSSR count). The van der Waals surface area contributed by atoms with Crippen molar-refractivity contribution in [2.24, 2.45) is 22.7 Å². The van der Waals surface area contributed by atoms with Crippen LogP contribution in [0.1, 0.15) is 54.4 Å². The highest BCUT2D eigenvalue weighted by molar-refractivity contribution is 6.08. The Labute approximate surface area is 210 Å². The first-order chi connectivity index (χ1) is 16.7. The second-order valence-corrected chi connectivity index (χ2v) is 11.3. The predicted octanol–water partition coefficient (Wildman–Crippen LogP) is 3.48. The zero-order chi connectivity index (χ0) is 26.7. The SMILES string of the molecule is C/C=C/C=C/C(O)=C1/C(=O)[C@@]2(C)C3C(C(=O)CC/C=C/C)=C(O)[C@@]4(C)C1[C@]1(C)O[C@@]4(O)[C@@]3(C)O[C@@]12O. The van der Waals surface area contributed by atoms with E-state index in [1.165, 1.54) is 33.8 Å². The summed E-state index contributed by atoms with van der Waals surface area (Å²) in [4.78, 5) is 28.0. The maximum absolute atomic E-state index is 14.3. The van der Waals surface area contributed by atoms with Crippen LogP contribution in [0.4, 0.5) is 0 Å². The van der Waals surface area contributed by atoms with E-state index < -0.39 is 57.0 Å². The van der Waals surface area contributed by atoms with Crippen molar-refractivity contribution >= 4 is 11.6 Å². The molecule has 8 nitrogen and oxygen atoms in total. The Kier molecular flexibility index (Phi) is 4.94. The molecule has 0 amide bonds. The van der Waals surface area contributed by atoms with Gasteiger partial charge in [0.1, 0.15) is 22.7 Å². The number of Topliss-reactive ketones (excluding diaryl/α,β-unsaturated/α-hetero) is 2. The molecule has 194 valence electrons. The van der Waals surface area contributed by atoms with Crippen LogP contribution in [0.15, 0.2) is 59.1 Å². The van der Waals surface area contributed by atoms with Gasteiger partial charge in [-0.3, -0.25) is 9.59 Å². The minimum Gasteiger partial charge on any atom is -0.511 e. The van der Waals surface area contributed by atoms with Crippen LogP contribution in [0, 0.1) is 22.7 Å².